The zero-order valence-electron chi connectivity index (χ0n) is 12.0. The van der Waals surface area contributed by atoms with E-state index in [1.807, 2.05) is 0 Å². The Labute approximate surface area is 125 Å². The van der Waals surface area contributed by atoms with Gasteiger partial charge in [-0.2, -0.15) is 0 Å². The minimum Gasteiger partial charge on any atom is -0.317 e. The molecule has 1 N–H and O–H groups in total. The van der Waals surface area contributed by atoms with E-state index in [2.05, 4.69) is 64.3 Å². The van der Waals surface area contributed by atoms with Crippen molar-refractivity contribution in [3.63, 3.8) is 0 Å². The molecule has 1 aromatic carbocycles. The van der Waals surface area contributed by atoms with Crippen LogP contribution in [0, 0.1) is 5.92 Å². The van der Waals surface area contributed by atoms with Gasteiger partial charge in [-0.25, -0.2) is 0 Å². The van der Waals surface area contributed by atoms with Gasteiger partial charge in [0.1, 0.15) is 0 Å². The summed E-state index contributed by atoms with van der Waals surface area (Å²) >= 11 is 3.66. The molecule has 0 unspecified atom stereocenters. The smallest absolute Gasteiger partial charge is 0.0247 e. The quantitative estimate of drug-likeness (QED) is 0.889. The molecule has 0 spiro atoms. The minimum atomic E-state index is 0.599. The van der Waals surface area contributed by atoms with Crippen LogP contribution in [0.4, 0.5) is 0 Å². The second kappa shape index (κ2) is 7.41. The van der Waals surface area contributed by atoms with Crippen LogP contribution in [-0.2, 0) is 6.54 Å². The van der Waals surface area contributed by atoms with E-state index < -0.39 is 0 Å². The minimum absolute atomic E-state index is 0.599. The monoisotopic (exact) mass is 324 g/mol. The van der Waals surface area contributed by atoms with Gasteiger partial charge in [-0.1, -0.05) is 34.1 Å². The van der Waals surface area contributed by atoms with Gasteiger partial charge in [-0.15, -0.1) is 0 Å². The third-order valence-electron chi connectivity index (χ3n) is 4.01. The fourth-order valence-electron chi connectivity index (χ4n) is 2.70. The van der Waals surface area contributed by atoms with E-state index in [0.29, 0.717) is 6.04 Å². The van der Waals surface area contributed by atoms with E-state index in [0.717, 1.165) is 12.5 Å². The Kier molecular flexibility index (Phi) is 5.86. The van der Waals surface area contributed by atoms with E-state index >= 15 is 0 Å². The molecule has 1 aromatic rings. The molecule has 1 fully saturated rings. The number of piperidine rings is 1. The molecule has 2 rings (SSSR count). The lowest BCUT2D eigenvalue weighted by Crippen LogP contribution is -2.39. The first kappa shape index (κ1) is 15.0. The van der Waals surface area contributed by atoms with E-state index in [4.69, 9.17) is 0 Å². The van der Waals surface area contributed by atoms with E-state index in [9.17, 15) is 0 Å². The van der Waals surface area contributed by atoms with Crippen molar-refractivity contribution >= 4 is 15.9 Å². The van der Waals surface area contributed by atoms with Crippen LogP contribution < -0.4 is 5.32 Å². The fraction of sp³-hybridized carbons (Fsp3) is 0.625. The molecule has 3 heteroatoms. The molecule has 0 saturated carbocycles. The first-order chi connectivity index (χ1) is 9.16. The maximum absolute atomic E-state index is 3.66. The number of hydrogen-bond acceptors (Lipinski definition) is 2. The number of halogens is 1. The highest BCUT2D eigenvalue weighted by atomic mass is 79.9. The number of nitrogens with zero attached hydrogens (tertiary/aromatic N) is 1. The highest BCUT2D eigenvalue weighted by Crippen LogP contribution is 2.21. The van der Waals surface area contributed by atoms with E-state index in [-0.39, 0.29) is 0 Å². The Hall–Kier alpha value is -0.380. The molecule has 2 nitrogen and oxygen atoms in total. The molecule has 1 heterocycles. The van der Waals surface area contributed by atoms with Crippen LogP contribution in [0.25, 0.3) is 0 Å². The van der Waals surface area contributed by atoms with Crippen molar-refractivity contribution in [2.45, 2.75) is 39.3 Å². The Morgan fingerprint density at radius 2 is 1.95 bits per heavy atom. The second-order valence-electron chi connectivity index (χ2n) is 5.81. The van der Waals surface area contributed by atoms with Crippen molar-refractivity contribution in [3.8, 4) is 0 Å². The Balaban J connectivity index is 1.97. The van der Waals surface area contributed by atoms with Gasteiger partial charge in [-0.3, -0.25) is 4.90 Å². The van der Waals surface area contributed by atoms with Gasteiger partial charge in [0.25, 0.3) is 0 Å². The van der Waals surface area contributed by atoms with Gasteiger partial charge in [0, 0.05) is 23.6 Å². The predicted molar refractivity (Wildman–Crippen MR) is 85.3 cm³/mol. The molecule has 0 amide bonds. The van der Waals surface area contributed by atoms with Crippen molar-refractivity contribution in [1.82, 2.24) is 10.2 Å². The summed E-state index contributed by atoms with van der Waals surface area (Å²) in [5, 5.41) is 3.45. The molecule has 0 aliphatic carbocycles. The average Bonchev–Trinajstić information content (AvgIpc) is 2.41. The SMILES string of the molecule is CC(C)N(Cc1ccccc1Br)CC1CCNCC1. The van der Waals surface area contributed by atoms with Gasteiger partial charge in [0.05, 0.1) is 0 Å². The standard InChI is InChI=1S/C16H25BrN2/c1-13(2)19(11-14-7-9-18-10-8-14)12-15-5-3-4-6-16(15)17/h3-6,13-14,18H,7-12H2,1-2H3. The maximum Gasteiger partial charge on any atom is 0.0247 e. The largest absolute Gasteiger partial charge is 0.317 e. The molecule has 1 saturated heterocycles. The fourth-order valence-corrected chi connectivity index (χ4v) is 3.11. The van der Waals surface area contributed by atoms with Crippen LogP contribution in [0.1, 0.15) is 32.3 Å². The number of hydrogen-bond donors (Lipinski definition) is 1. The summed E-state index contributed by atoms with van der Waals surface area (Å²) in [5.74, 6) is 0.853. The van der Waals surface area contributed by atoms with Crippen LogP contribution >= 0.6 is 15.9 Å². The summed E-state index contributed by atoms with van der Waals surface area (Å²) in [4.78, 5) is 2.61. The molecule has 1 aliphatic rings. The highest BCUT2D eigenvalue weighted by molar-refractivity contribution is 9.10. The number of rotatable bonds is 5. The van der Waals surface area contributed by atoms with Gasteiger partial charge in [0.2, 0.25) is 0 Å². The predicted octanol–water partition coefficient (Wildman–Crippen LogP) is 3.66. The molecule has 106 valence electrons. The average molecular weight is 325 g/mol. The third kappa shape index (κ3) is 4.59. The summed E-state index contributed by atoms with van der Waals surface area (Å²) in [7, 11) is 0. The van der Waals surface area contributed by atoms with Crippen LogP contribution in [0.2, 0.25) is 0 Å². The molecular weight excluding hydrogens is 300 g/mol. The first-order valence-corrected chi connectivity index (χ1v) is 8.14. The molecule has 0 atom stereocenters. The Morgan fingerprint density at radius 1 is 1.26 bits per heavy atom. The van der Waals surface area contributed by atoms with Gasteiger partial charge >= 0.3 is 0 Å². The maximum atomic E-state index is 3.66. The van der Waals surface area contributed by atoms with E-state index in [1.54, 1.807) is 0 Å². The van der Waals surface area contributed by atoms with Crippen molar-refractivity contribution in [1.29, 1.82) is 0 Å². The number of benzene rings is 1. The van der Waals surface area contributed by atoms with Crippen LogP contribution in [0.3, 0.4) is 0 Å². The Morgan fingerprint density at radius 3 is 2.58 bits per heavy atom. The molecule has 0 bridgehead atoms. The summed E-state index contributed by atoms with van der Waals surface area (Å²) in [6.07, 6.45) is 2.64. The molecule has 0 aromatic heterocycles. The molecule has 0 radical (unpaired) electrons. The summed E-state index contributed by atoms with van der Waals surface area (Å²) in [5.41, 5.74) is 1.39. The van der Waals surface area contributed by atoms with Gasteiger partial charge in [0.15, 0.2) is 0 Å². The molecular formula is C16H25BrN2. The van der Waals surface area contributed by atoms with Crippen LogP contribution in [0.5, 0.6) is 0 Å². The zero-order chi connectivity index (χ0) is 13.7. The summed E-state index contributed by atoms with van der Waals surface area (Å²) < 4.78 is 1.23. The lowest BCUT2D eigenvalue weighted by Gasteiger charge is -2.33. The van der Waals surface area contributed by atoms with Crippen molar-refractivity contribution < 1.29 is 0 Å². The normalized spacial score (nSPS) is 17.3. The molecule has 1 aliphatic heterocycles. The zero-order valence-corrected chi connectivity index (χ0v) is 13.6. The van der Waals surface area contributed by atoms with Crippen molar-refractivity contribution in [3.05, 3.63) is 34.3 Å². The van der Waals surface area contributed by atoms with Crippen molar-refractivity contribution in [2.75, 3.05) is 19.6 Å². The summed E-state index contributed by atoms with van der Waals surface area (Å²) in [6, 6.07) is 9.17. The molecule has 19 heavy (non-hydrogen) atoms. The number of nitrogens with one attached hydrogen (secondary N) is 1. The van der Waals surface area contributed by atoms with Crippen LogP contribution in [0.15, 0.2) is 28.7 Å². The Bertz CT molecular complexity index is 386. The highest BCUT2D eigenvalue weighted by Gasteiger charge is 2.19. The summed E-state index contributed by atoms with van der Waals surface area (Å²) in [6.45, 7) is 9.25. The lowest BCUT2D eigenvalue weighted by molar-refractivity contribution is 0.161. The second-order valence-corrected chi connectivity index (χ2v) is 6.66. The van der Waals surface area contributed by atoms with Crippen molar-refractivity contribution in [2.24, 2.45) is 5.92 Å². The lowest BCUT2D eigenvalue weighted by atomic mass is 9.97. The first-order valence-electron chi connectivity index (χ1n) is 7.35. The topological polar surface area (TPSA) is 15.3 Å². The van der Waals surface area contributed by atoms with E-state index in [1.165, 1.54) is 42.5 Å². The van der Waals surface area contributed by atoms with Gasteiger partial charge in [-0.05, 0) is 57.3 Å². The van der Waals surface area contributed by atoms with Gasteiger partial charge < -0.3 is 5.32 Å². The van der Waals surface area contributed by atoms with Crippen LogP contribution in [-0.4, -0.2) is 30.6 Å². The third-order valence-corrected chi connectivity index (χ3v) is 4.79.